The van der Waals surface area contributed by atoms with Crippen LogP contribution >= 0.6 is 0 Å². The van der Waals surface area contributed by atoms with Crippen LogP contribution in [0.3, 0.4) is 0 Å². The molecule has 2 unspecified atom stereocenters. The van der Waals surface area contributed by atoms with E-state index in [1.54, 1.807) is 6.92 Å². The van der Waals surface area contributed by atoms with Gasteiger partial charge in [-0.15, -0.1) is 0 Å². The van der Waals surface area contributed by atoms with Crippen LogP contribution in [0.5, 0.6) is 0 Å². The van der Waals surface area contributed by atoms with Gasteiger partial charge in [0.2, 0.25) is 0 Å². The molecule has 1 aliphatic carbocycles. The highest BCUT2D eigenvalue weighted by Gasteiger charge is 2.35. The Morgan fingerprint density at radius 2 is 2.13 bits per heavy atom. The summed E-state index contributed by atoms with van der Waals surface area (Å²) < 4.78 is 22.3. The van der Waals surface area contributed by atoms with Gasteiger partial charge >= 0.3 is 5.97 Å². The molecule has 0 spiro atoms. The second-order valence-electron chi connectivity index (χ2n) is 3.82. The van der Waals surface area contributed by atoms with Gasteiger partial charge in [-0.2, -0.15) is 0 Å². The zero-order chi connectivity index (χ0) is 11.5. The Kier molecular flexibility index (Phi) is 4.10. The van der Waals surface area contributed by atoms with Gasteiger partial charge in [-0.05, 0) is 12.8 Å². The summed E-state index contributed by atoms with van der Waals surface area (Å²) in [5.41, 5.74) is 0. The van der Waals surface area contributed by atoms with Crippen LogP contribution < -0.4 is 5.32 Å². The maximum absolute atomic E-state index is 11.1. The monoisotopic (exact) mass is 235 g/mol. The second-order valence-corrected chi connectivity index (χ2v) is 6.29. The SMILES string of the molecule is CCS(=O)(=O)CCNC1CCC1C(=O)O. The largest absolute Gasteiger partial charge is 0.481 e. The van der Waals surface area contributed by atoms with E-state index in [-0.39, 0.29) is 23.5 Å². The van der Waals surface area contributed by atoms with E-state index in [1.807, 2.05) is 0 Å². The van der Waals surface area contributed by atoms with Crippen LogP contribution in [0.25, 0.3) is 0 Å². The standard InChI is InChI=1S/C9H17NO4S/c1-2-15(13,14)6-5-10-8-4-3-7(8)9(11)12/h7-8,10H,2-6H2,1H3,(H,11,12). The average molecular weight is 235 g/mol. The molecule has 0 aromatic heterocycles. The lowest BCUT2D eigenvalue weighted by Crippen LogP contribution is -2.48. The first kappa shape index (κ1) is 12.4. The summed E-state index contributed by atoms with van der Waals surface area (Å²) in [6, 6.07) is -0.0467. The predicted molar refractivity (Wildman–Crippen MR) is 56.5 cm³/mol. The molecule has 0 heterocycles. The summed E-state index contributed by atoms with van der Waals surface area (Å²) in [4.78, 5) is 10.6. The number of aliphatic carboxylic acids is 1. The molecule has 0 saturated heterocycles. The van der Waals surface area contributed by atoms with Gasteiger partial charge in [0.25, 0.3) is 0 Å². The summed E-state index contributed by atoms with van der Waals surface area (Å²) >= 11 is 0. The molecule has 0 amide bonds. The Hall–Kier alpha value is -0.620. The molecule has 0 aromatic rings. The number of carbonyl (C=O) groups is 1. The molecule has 15 heavy (non-hydrogen) atoms. The smallest absolute Gasteiger partial charge is 0.308 e. The first-order valence-electron chi connectivity index (χ1n) is 5.13. The molecule has 1 saturated carbocycles. The number of hydrogen-bond donors (Lipinski definition) is 2. The lowest BCUT2D eigenvalue weighted by Gasteiger charge is -2.34. The average Bonchev–Trinajstić information content (AvgIpc) is 2.09. The minimum Gasteiger partial charge on any atom is -0.481 e. The van der Waals surface area contributed by atoms with Crippen molar-refractivity contribution < 1.29 is 18.3 Å². The van der Waals surface area contributed by atoms with Crippen molar-refractivity contribution in [2.75, 3.05) is 18.1 Å². The number of sulfone groups is 1. The maximum atomic E-state index is 11.1. The quantitative estimate of drug-likeness (QED) is 0.670. The van der Waals surface area contributed by atoms with Gasteiger partial charge in [0.15, 0.2) is 9.84 Å². The molecule has 0 aliphatic heterocycles. The zero-order valence-electron chi connectivity index (χ0n) is 8.77. The van der Waals surface area contributed by atoms with Gasteiger partial charge < -0.3 is 10.4 Å². The Balaban J connectivity index is 2.24. The molecule has 88 valence electrons. The van der Waals surface area contributed by atoms with Crippen LogP contribution in [-0.2, 0) is 14.6 Å². The molecule has 0 aromatic carbocycles. The Morgan fingerprint density at radius 1 is 1.47 bits per heavy atom. The Bertz CT molecular complexity index is 325. The molecule has 1 fully saturated rings. The third kappa shape index (κ3) is 3.46. The molecule has 1 aliphatic rings. The minimum atomic E-state index is -2.95. The molecule has 2 N–H and O–H groups in total. The van der Waals surface area contributed by atoms with Crippen molar-refractivity contribution >= 4 is 15.8 Å². The zero-order valence-corrected chi connectivity index (χ0v) is 9.59. The van der Waals surface area contributed by atoms with Gasteiger partial charge in [0, 0.05) is 18.3 Å². The van der Waals surface area contributed by atoms with E-state index in [1.165, 1.54) is 0 Å². The van der Waals surface area contributed by atoms with Crippen LogP contribution in [0.1, 0.15) is 19.8 Å². The van der Waals surface area contributed by atoms with Crippen molar-refractivity contribution in [2.24, 2.45) is 5.92 Å². The number of rotatable bonds is 6. The van der Waals surface area contributed by atoms with Crippen molar-refractivity contribution in [3.63, 3.8) is 0 Å². The number of carboxylic acid groups (broad SMARTS) is 1. The van der Waals surface area contributed by atoms with E-state index in [0.717, 1.165) is 6.42 Å². The molecular formula is C9H17NO4S. The first-order chi connectivity index (χ1) is 6.96. The molecule has 1 rings (SSSR count). The lowest BCUT2D eigenvalue weighted by atomic mass is 9.80. The third-order valence-electron chi connectivity index (χ3n) is 2.85. The maximum Gasteiger partial charge on any atom is 0.308 e. The van der Waals surface area contributed by atoms with Crippen LogP contribution in [0, 0.1) is 5.92 Å². The van der Waals surface area contributed by atoms with Crippen molar-refractivity contribution in [1.29, 1.82) is 0 Å². The number of hydrogen-bond acceptors (Lipinski definition) is 4. The number of nitrogens with one attached hydrogen (secondary N) is 1. The van der Waals surface area contributed by atoms with Gasteiger partial charge in [-0.25, -0.2) is 8.42 Å². The summed E-state index contributed by atoms with van der Waals surface area (Å²) in [6.45, 7) is 1.96. The van der Waals surface area contributed by atoms with Gasteiger partial charge in [-0.3, -0.25) is 4.79 Å². The second kappa shape index (κ2) is 4.94. The van der Waals surface area contributed by atoms with Crippen LogP contribution in [0.15, 0.2) is 0 Å². The highest BCUT2D eigenvalue weighted by Crippen LogP contribution is 2.27. The normalized spacial score (nSPS) is 25.9. The molecule has 5 nitrogen and oxygen atoms in total. The fraction of sp³-hybridized carbons (Fsp3) is 0.889. The summed E-state index contributed by atoms with van der Waals surface area (Å²) in [5, 5.41) is 11.7. The van der Waals surface area contributed by atoms with E-state index in [4.69, 9.17) is 5.11 Å². The summed E-state index contributed by atoms with van der Waals surface area (Å²) in [6.07, 6.45) is 1.51. The van der Waals surface area contributed by atoms with E-state index < -0.39 is 15.8 Å². The van der Waals surface area contributed by atoms with E-state index in [0.29, 0.717) is 13.0 Å². The van der Waals surface area contributed by atoms with Crippen LogP contribution in [0.4, 0.5) is 0 Å². The first-order valence-corrected chi connectivity index (χ1v) is 6.95. The molecule has 6 heteroatoms. The highest BCUT2D eigenvalue weighted by atomic mass is 32.2. The molecular weight excluding hydrogens is 218 g/mol. The van der Waals surface area contributed by atoms with E-state index in [2.05, 4.69) is 5.32 Å². The fourth-order valence-electron chi connectivity index (χ4n) is 1.58. The summed E-state index contributed by atoms with van der Waals surface area (Å²) in [7, 11) is -2.95. The van der Waals surface area contributed by atoms with Gasteiger partial charge in [0.1, 0.15) is 0 Å². The Labute approximate surface area is 89.8 Å². The van der Waals surface area contributed by atoms with Crippen LogP contribution in [0.2, 0.25) is 0 Å². The lowest BCUT2D eigenvalue weighted by molar-refractivity contribution is -0.145. The fourth-order valence-corrected chi connectivity index (χ4v) is 2.30. The van der Waals surface area contributed by atoms with Gasteiger partial charge in [-0.1, -0.05) is 6.92 Å². The predicted octanol–water partition coefficient (Wildman–Crippen LogP) is -0.126. The van der Waals surface area contributed by atoms with E-state index >= 15 is 0 Å². The Morgan fingerprint density at radius 3 is 2.53 bits per heavy atom. The highest BCUT2D eigenvalue weighted by molar-refractivity contribution is 7.91. The van der Waals surface area contributed by atoms with E-state index in [9.17, 15) is 13.2 Å². The summed E-state index contributed by atoms with van der Waals surface area (Å²) in [5.74, 6) is -0.903. The van der Waals surface area contributed by atoms with Gasteiger partial charge in [0.05, 0.1) is 11.7 Å². The van der Waals surface area contributed by atoms with Crippen molar-refractivity contribution in [3.8, 4) is 0 Å². The molecule has 0 bridgehead atoms. The van der Waals surface area contributed by atoms with Crippen molar-refractivity contribution in [1.82, 2.24) is 5.32 Å². The topological polar surface area (TPSA) is 83.5 Å². The third-order valence-corrected chi connectivity index (χ3v) is 4.56. The van der Waals surface area contributed by atoms with Crippen molar-refractivity contribution in [2.45, 2.75) is 25.8 Å². The number of carboxylic acids is 1. The van der Waals surface area contributed by atoms with Crippen LogP contribution in [-0.4, -0.2) is 43.6 Å². The van der Waals surface area contributed by atoms with Crippen molar-refractivity contribution in [3.05, 3.63) is 0 Å². The molecule has 0 radical (unpaired) electrons. The minimum absolute atomic E-state index is 0.0467. The molecule has 2 atom stereocenters.